The van der Waals surface area contributed by atoms with E-state index in [9.17, 15) is 4.79 Å². The first-order valence-electron chi connectivity index (χ1n) is 6.94. The van der Waals surface area contributed by atoms with E-state index in [1.54, 1.807) is 0 Å². The average molecular weight is 283 g/mol. The van der Waals surface area contributed by atoms with Crippen molar-refractivity contribution in [2.45, 2.75) is 20.4 Å². The lowest BCUT2D eigenvalue weighted by atomic mass is 10.2. The fraction of sp³-hybridized carbons (Fsp3) is 0.250. The van der Waals surface area contributed by atoms with Crippen LogP contribution in [0.2, 0.25) is 0 Å². The number of aryl methyl sites for hydroxylation is 1. The van der Waals surface area contributed by atoms with E-state index in [-0.39, 0.29) is 5.97 Å². The van der Waals surface area contributed by atoms with Crippen LogP contribution in [0.15, 0.2) is 42.9 Å². The fourth-order valence-electron chi connectivity index (χ4n) is 2.43. The van der Waals surface area contributed by atoms with E-state index < -0.39 is 0 Å². The quantitative estimate of drug-likeness (QED) is 0.692. The highest BCUT2D eigenvalue weighted by molar-refractivity contribution is 5.89. The van der Waals surface area contributed by atoms with Crippen LogP contribution in [0.1, 0.15) is 28.7 Å². The molecule has 3 aromatic heterocycles. The Morgan fingerprint density at radius 3 is 2.90 bits per heavy atom. The molecule has 5 nitrogen and oxygen atoms in total. The zero-order chi connectivity index (χ0) is 14.8. The third kappa shape index (κ3) is 2.54. The summed E-state index contributed by atoms with van der Waals surface area (Å²) in [6, 6.07) is 7.79. The number of ether oxygens (including phenoxy) is 1. The summed E-state index contributed by atoms with van der Waals surface area (Å²) in [7, 11) is 0. The van der Waals surface area contributed by atoms with Crippen molar-refractivity contribution in [2.75, 3.05) is 6.61 Å². The normalized spacial score (nSPS) is 11.0. The number of hydrogen-bond acceptors (Lipinski definition) is 3. The van der Waals surface area contributed by atoms with Gasteiger partial charge in [0.1, 0.15) is 11.3 Å². The molecule has 3 rings (SSSR count). The molecule has 5 heteroatoms. The summed E-state index contributed by atoms with van der Waals surface area (Å²) in [5.74, 6) is -0.288. The van der Waals surface area contributed by atoms with E-state index in [0.29, 0.717) is 18.8 Å². The van der Waals surface area contributed by atoms with Crippen LogP contribution >= 0.6 is 0 Å². The molecule has 0 saturated carbocycles. The van der Waals surface area contributed by atoms with Crippen LogP contribution in [-0.4, -0.2) is 26.5 Å². The largest absolute Gasteiger partial charge is 0.461 e. The van der Waals surface area contributed by atoms with Gasteiger partial charge in [-0.05, 0) is 37.6 Å². The number of rotatable bonds is 4. The molecule has 0 unspecified atom stereocenters. The third-order valence-electron chi connectivity index (χ3n) is 3.38. The molecule has 0 aliphatic heterocycles. The lowest BCUT2D eigenvalue weighted by molar-refractivity contribution is 0.0513. The highest BCUT2D eigenvalue weighted by Gasteiger charge is 2.16. The molecule has 0 amide bonds. The fourth-order valence-corrected chi connectivity index (χ4v) is 2.43. The number of fused-ring (bicyclic) bond motifs is 1. The molecule has 0 N–H and O–H groups in total. The lowest BCUT2D eigenvalue weighted by Gasteiger charge is -2.08. The molecular weight excluding hydrogens is 266 g/mol. The Hall–Kier alpha value is -2.56. The Bertz CT molecular complexity index is 753. The van der Waals surface area contributed by atoms with E-state index in [4.69, 9.17) is 4.74 Å². The van der Waals surface area contributed by atoms with Gasteiger partial charge in [-0.3, -0.25) is 0 Å². The van der Waals surface area contributed by atoms with Crippen LogP contribution in [-0.2, 0) is 11.3 Å². The highest BCUT2D eigenvalue weighted by atomic mass is 16.5. The number of esters is 1. The minimum absolute atomic E-state index is 0.288. The molecular formula is C16H17N3O2. The third-order valence-corrected chi connectivity index (χ3v) is 3.38. The summed E-state index contributed by atoms with van der Waals surface area (Å²) in [6.07, 6.45) is 5.82. The molecule has 0 aliphatic carbocycles. The van der Waals surface area contributed by atoms with Crippen LogP contribution in [0.4, 0.5) is 0 Å². The standard InChI is InChI=1S/C16H17N3O2/c1-3-21-16(20)15-12(2)7-9-19(15)11-13-10-18-8-5-4-6-14(18)17-13/h4-10H,3,11H2,1-2H3. The van der Waals surface area contributed by atoms with Gasteiger partial charge in [0.2, 0.25) is 0 Å². The topological polar surface area (TPSA) is 48.5 Å². The summed E-state index contributed by atoms with van der Waals surface area (Å²) in [5.41, 5.74) is 3.31. The van der Waals surface area contributed by atoms with E-state index in [2.05, 4.69) is 4.98 Å². The molecule has 0 saturated heterocycles. The van der Waals surface area contributed by atoms with Gasteiger partial charge >= 0.3 is 5.97 Å². The first-order chi connectivity index (χ1) is 10.2. The number of aromatic nitrogens is 3. The molecule has 0 radical (unpaired) electrons. The van der Waals surface area contributed by atoms with Gasteiger partial charge in [0.25, 0.3) is 0 Å². The molecule has 0 spiro atoms. The summed E-state index contributed by atoms with van der Waals surface area (Å²) >= 11 is 0. The number of hydrogen-bond donors (Lipinski definition) is 0. The Balaban J connectivity index is 1.92. The maximum atomic E-state index is 12.0. The first kappa shape index (κ1) is 13.4. The van der Waals surface area contributed by atoms with E-state index in [1.165, 1.54) is 0 Å². The molecule has 108 valence electrons. The van der Waals surface area contributed by atoms with E-state index in [0.717, 1.165) is 16.9 Å². The van der Waals surface area contributed by atoms with Crippen molar-refractivity contribution in [1.82, 2.24) is 14.0 Å². The second-order valence-electron chi connectivity index (χ2n) is 4.89. The van der Waals surface area contributed by atoms with Crippen molar-refractivity contribution in [1.29, 1.82) is 0 Å². The second-order valence-corrected chi connectivity index (χ2v) is 4.89. The molecule has 0 aromatic carbocycles. The van der Waals surface area contributed by atoms with Gasteiger partial charge in [0, 0.05) is 18.6 Å². The van der Waals surface area contributed by atoms with E-state index in [1.807, 2.05) is 65.7 Å². The summed E-state index contributed by atoms with van der Waals surface area (Å²) < 4.78 is 8.97. The summed E-state index contributed by atoms with van der Waals surface area (Å²) in [6.45, 7) is 4.64. The second kappa shape index (κ2) is 5.44. The van der Waals surface area contributed by atoms with Crippen LogP contribution in [0.5, 0.6) is 0 Å². The Morgan fingerprint density at radius 2 is 2.14 bits per heavy atom. The molecule has 0 fully saturated rings. The van der Waals surface area contributed by atoms with Gasteiger partial charge in [0.05, 0.1) is 18.8 Å². The molecule has 3 aromatic rings. The van der Waals surface area contributed by atoms with Crippen LogP contribution < -0.4 is 0 Å². The minimum Gasteiger partial charge on any atom is -0.461 e. The van der Waals surface area contributed by atoms with Crippen molar-refractivity contribution in [2.24, 2.45) is 0 Å². The van der Waals surface area contributed by atoms with Crippen molar-refractivity contribution in [3.63, 3.8) is 0 Å². The molecule has 21 heavy (non-hydrogen) atoms. The maximum absolute atomic E-state index is 12.0. The zero-order valence-corrected chi connectivity index (χ0v) is 12.1. The van der Waals surface area contributed by atoms with Crippen LogP contribution in [0.3, 0.4) is 0 Å². The van der Waals surface area contributed by atoms with Crippen LogP contribution in [0, 0.1) is 6.92 Å². The predicted molar refractivity (Wildman–Crippen MR) is 79.4 cm³/mol. The van der Waals surface area contributed by atoms with Gasteiger partial charge in [-0.25, -0.2) is 9.78 Å². The summed E-state index contributed by atoms with van der Waals surface area (Å²) in [4.78, 5) is 16.6. The number of nitrogens with zero attached hydrogens (tertiary/aromatic N) is 3. The monoisotopic (exact) mass is 283 g/mol. The molecule has 0 bridgehead atoms. The van der Waals surface area contributed by atoms with Crippen molar-refractivity contribution in [3.8, 4) is 0 Å². The Labute approximate surface area is 122 Å². The Kier molecular flexibility index (Phi) is 3.48. The van der Waals surface area contributed by atoms with Gasteiger partial charge in [-0.15, -0.1) is 0 Å². The molecule has 0 atom stereocenters. The number of pyridine rings is 1. The predicted octanol–water partition coefficient (Wildman–Crippen LogP) is 2.67. The van der Waals surface area contributed by atoms with Crippen LogP contribution in [0.25, 0.3) is 5.65 Å². The van der Waals surface area contributed by atoms with Gasteiger partial charge in [-0.1, -0.05) is 6.07 Å². The van der Waals surface area contributed by atoms with Gasteiger partial charge in [-0.2, -0.15) is 0 Å². The lowest BCUT2D eigenvalue weighted by Crippen LogP contribution is -2.13. The number of carbonyl (C=O) groups is 1. The van der Waals surface area contributed by atoms with Gasteiger partial charge < -0.3 is 13.7 Å². The molecule has 3 heterocycles. The van der Waals surface area contributed by atoms with Crippen molar-refractivity contribution >= 4 is 11.6 Å². The number of imidazole rings is 1. The van der Waals surface area contributed by atoms with Crippen molar-refractivity contribution in [3.05, 3.63) is 59.8 Å². The zero-order valence-electron chi connectivity index (χ0n) is 12.1. The van der Waals surface area contributed by atoms with Gasteiger partial charge in [0.15, 0.2) is 0 Å². The number of carbonyl (C=O) groups excluding carboxylic acids is 1. The minimum atomic E-state index is -0.288. The SMILES string of the molecule is CCOC(=O)c1c(C)ccn1Cc1cn2ccccc2n1. The highest BCUT2D eigenvalue weighted by Crippen LogP contribution is 2.14. The smallest absolute Gasteiger partial charge is 0.355 e. The molecule has 0 aliphatic rings. The Morgan fingerprint density at radius 1 is 1.29 bits per heavy atom. The maximum Gasteiger partial charge on any atom is 0.355 e. The summed E-state index contributed by atoms with van der Waals surface area (Å²) in [5, 5.41) is 0. The average Bonchev–Trinajstić information content (AvgIpc) is 3.02. The van der Waals surface area contributed by atoms with E-state index >= 15 is 0 Å². The van der Waals surface area contributed by atoms with Crippen molar-refractivity contribution < 1.29 is 9.53 Å². The first-order valence-corrected chi connectivity index (χ1v) is 6.94.